The smallest absolute Gasteiger partial charge is 0.261 e. The van der Waals surface area contributed by atoms with Gasteiger partial charge in [-0.3, -0.25) is 14.5 Å². The zero-order valence-electron chi connectivity index (χ0n) is 10.2. The minimum atomic E-state index is -0.138. The molecule has 3 rings (SSSR count). The summed E-state index contributed by atoms with van der Waals surface area (Å²) < 4.78 is 0. The lowest BCUT2D eigenvalue weighted by Gasteiger charge is -2.26. The molecule has 2 heterocycles. The van der Waals surface area contributed by atoms with Crippen LogP contribution in [0.4, 0.5) is 0 Å². The maximum Gasteiger partial charge on any atom is 0.261 e. The Balaban J connectivity index is 1.79. The van der Waals surface area contributed by atoms with Crippen molar-refractivity contribution < 1.29 is 9.59 Å². The van der Waals surface area contributed by atoms with Gasteiger partial charge in [0.05, 0.1) is 11.1 Å². The molecule has 1 aromatic carbocycles. The van der Waals surface area contributed by atoms with Crippen molar-refractivity contribution >= 4 is 11.8 Å². The molecule has 2 aliphatic heterocycles. The average molecular weight is 244 g/mol. The molecule has 1 atom stereocenters. The molecule has 0 bridgehead atoms. The standard InChI is InChI=1S/C14H16N2O2/c17-13-11-5-1-2-6-12(11)14(18)16(13)9-10-4-3-7-15-8-10/h1-2,5-6,10,15H,3-4,7-9H2. The van der Waals surface area contributed by atoms with Gasteiger partial charge in [0, 0.05) is 6.54 Å². The van der Waals surface area contributed by atoms with Crippen LogP contribution < -0.4 is 5.32 Å². The van der Waals surface area contributed by atoms with Crippen molar-refractivity contribution in [3.05, 3.63) is 35.4 Å². The summed E-state index contributed by atoms with van der Waals surface area (Å²) in [6.07, 6.45) is 2.20. The Kier molecular flexibility index (Phi) is 2.88. The number of fused-ring (bicyclic) bond motifs is 1. The summed E-state index contributed by atoms with van der Waals surface area (Å²) in [4.78, 5) is 25.7. The van der Waals surface area contributed by atoms with Gasteiger partial charge in [-0.2, -0.15) is 0 Å². The first-order valence-corrected chi connectivity index (χ1v) is 6.43. The third-order valence-corrected chi connectivity index (χ3v) is 3.72. The van der Waals surface area contributed by atoms with Crippen LogP contribution in [0.3, 0.4) is 0 Å². The quantitative estimate of drug-likeness (QED) is 0.797. The van der Waals surface area contributed by atoms with E-state index in [0.29, 0.717) is 23.6 Å². The predicted octanol–water partition coefficient (Wildman–Crippen LogP) is 1.28. The molecule has 1 saturated heterocycles. The molecule has 0 saturated carbocycles. The van der Waals surface area contributed by atoms with Crippen LogP contribution in [0, 0.1) is 5.92 Å². The molecule has 1 fully saturated rings. The van der Waals surface area contributed by atoms with Gasteiger partial charge in [0.2, 0.25) is 0 Å². The van der Waals surface area contributed by atoms with Crippen molar-refractivity contribution in [1.82, 2.24) is 10.2 Å². The summed E-state index contributed by atoms with van der Waals surface area (Å²) in [5.41, 5.74) is 1.09. The zero-order chi connectivity index (χ0) is 12.5. The number of nitrogens with zero attached hydrogens (tertiary/aromatic N) is 1. The van der Waals surface area contributed by atoms with Gasteiger partial charge in [0.1, 0.15) is 0 Å². The van der Waals surface area contributed by atoms with E-state index in [1.165, 1.54) is 4.90 Å². The number of rotatable bonds is 2. The number of piperidine rings is 1. The Hall–Kier alpha value is -1.68. The van der Waals surface area contributed by atoms with Gasteiger partial charge in [-0.15, -0.1) is 0 Å². The number of carbonyl (C=O) groups is 2. The maximum absolute atomic E-state index is 12.2. The lowest BCUT2D eigenvalue weighted by Crippen LogP contribution is -2.40. The van der Waals surface area contributed by atoms with E-state index in [1.54, 1.807) is 24.3 Å². The van der Waals surface area contributed by atoms with Gasteiger partial charge in [-0.25, -0.2) is 0 Å². The van der Waals surface area contributed by atoms with Crippen LogP contribution in [-0.4, -0.2) is 36.3 Å². The fraction of sp³-hybridized carbons (Fsp3) is 0.429. The average Bonchev–Trinajstić information content (AvgIpc) is 2.66. The minimum absolute atomic E-state index is 0.138. The first-order valence-electron chi connectivity index (χ1n) is 6.43. The number of hydrogen-bond acceptors (Lipinski definition) is 3. The molecule has 0 spiro atoms. The molecule has 2 amide bonds. The molecule has 0 aromatic heterocycles. The lowest BCUT2D eigenvalue weighted by atomic mass is 9.99. The van der Waals surface area contributed by atoms with Crippen LogP contribution in [0.1, 0.15) is 33.6 Å². The van der Waals surface area contributed by atoms with Gasteiger partial charge < -0.3 is 5.32 Å². The van der Waals surface area contributed by atoms with Crippen molar-refractivity contribution in [2.24, 2.45) is 5.92 Å². The van der Waals surface area contributed by atoms with E-state index >= 15 is 0 Å². The zero-order valence-corrected chi connectivity index (χ0v) is 10.2. The Morgan fingerprint density at radius 2 is 1.83 bits per heavy atom. The number of amides is 2. The van der Waals surface area contributed by atoms with Crippen LogP contribution in [0.2, 0.25) is 0 Å². The van der Waals surface area contributed by atoms with Crippen molar-refractivity contribution in [2.75, 3.05) is 19.6 Å². The van der Waals surface area contributed by atoms with E-state index in [1.807, 2.05) is 0 Å². The highest BCUT2D eigenvalue weighted by Gasteiger charge is 2.36. The summed E-state index contributed by atoms with van der Waals surface area (Å²) in [5, 5.41) is 3.31. The Morgan fingerprint density at radius 3 is 2.39 bits per heavy atom. The van der Waals surface area contributed by atoms with E-state index in [0.717, 1.165) is 25.9 Å². The van der Waals surface area contributed by atoms with Crippen molar-refractivity contribution in [2.45, 2.75) is 12.8 Å². The highest BCUT2D eigenvalue weighted by Crippen LogP contribution is 2.24. The summed E-state index contributed by atoms with van der Waals surface area (Å²) in [5.74, 6) is 0.114. The lowest BCUT2D eigenvalue weighted by molar-refractivity contribution is 0.0621. The molecule has 2 aliphatic rings. The van der Waals surface area contributed by atoms with Crippen LogP contribution in [0.15, 0.2) is 24.3 Å². The SMILES string of the molecule is O=C1c2ccccc2C(=O)N1CC1CCCNC1. The van der Waals surface area contributed by atoms with E-state index in [4.69, 9.17) is 0 Å². The highest BCUT2D eigenvalue weighted by atomic mass is 16.2. The van der Waals surface area contributed by atoms with Gasteiger partial charge >= 0.3 is 0 Å². The molecular formula is C14H16N2O2. The molecule has 1 aromatic rings. The summed E-state index contributed by atoms with van der Waals surface area (Å²) in [6, 6.07) is 7.06. The van der Waals surface area contributed by atoms with Crippen LogP contribution in [-0.2, 0) is 0 Å². The van der Waals surface area contributed by atoms with Crippen LogP contribution >= 0.6 is 0 Å². The molecule has 4 nitrogen and oxygen atoms in total. The topological polar surface area (TPSA) is 49.4 Å². The molecule has 1 unspecified atom stereocenters. The van der Waals surface area contributed by atoms with Crippen molar-refractivity contribution in [3.8, 4) is 0 Å². The molecular weight excluding hydrogens is 228 g/mol. The Bertz CT molecular complexity index is 457. The monoisotopic (exact) mass is 244 g/mol. The molecule has 0 aliphatic carbocycles. The molecule has 1 N–H and O–H groups in total. The fourth-order valence-electron chi connectivity index (χ4n) is 2.74. The minimum Gasteiger partial charge on any atom is -0.316 e. The normalized spacial score (nSPS) is 23.3. The molecule has 4 heteroatoms. The number of imide groups is 1. The largest absolute Gasteiger partial charge is 0.316 e. The van der Waals surface area contributed by atoms with Crippen molar-refractivity contribution in [3.63, 3.8) is 0 Å². The van der Waals surface area contributed by atoms with E-state index in [9.17, 15) is 9.59 Å². The van der Waals surface area contributed by atoms with Gasteiger partial charge in [0.15, 0.2) is 0 Å². The van der Waals surface area contributed by atoms with Crippen LogP contribution in [0.5, 0.6) is 0 Å². The summed E-state index contributed by atoms with van der Waals surface area (Å²) in [7, 11) is 0. The summed E-state index contributed by atoms with van der Waals surface area (Å²) >= 11 is 0. The first-order chi connectivity index (χ1) is 8.77. The Labute approximate surface area is 106 Å². The molecule has 18 heavy (non-hydrogen) atoms. The highest BCUT2D eigenvalue weighted by molar-refractivity contribution is 6.21. The number of benzene rings is 1. The van der Waals surface area contributed by atoms with Gasteiger partial charge in [0.25, 0.3) is 11.8 Å². The van der Waals surface area contributed by atoms with E-state index in [-0.39, 0.29) is 11.8 Å². The third kappa shape index (κ3) is 1.82. The van der Waals surface area contributed by atoms with E-state index < -0.39 is 0 Å². The first kappa shape index (κ1) is 11.4. The predicted molar refractivity (Wildman–Crippen MR) is 67.4 cm³/mol. The summed E-state index contributed by atoms with van der Waals surface area (Å²) in [6.45, 7) is 2.48. The second-order valence-electron chi connectivity index (χ2n) is 4.98. The third-order valence-electron chi connectivity index (χ3n) is 3.72. The second kappa shape index (κ2) is 4.53. The Morgan fingerprint density at radius 1 is 1.17 bits per heavy atom. The van der Waals surface area contributed by atoms with Gasteiger partial charge in [-0.05, 0) is 44.0 Å². The fourth-order valence-corrected chi connectivity index (χ4v) is 2.74. The van der Waals surface area contributed by atoms with Crippen molar-refractivity contribution in [1.29, 1.82) is 0 Å². The van der Waals surface area contributed by atoms with Crippen LogP contribution in [0.25, 0.3) is 0 Å². The van der Waals surface area contributed by atoms with E-state index in [2.05, 4.69) is 5.32 Å². The molecule has 94 valence electrons. The molecule has 0 radical (unpaired) electrons. The van der Waals surface area contributed by atoms with Gasteiger partial charge in [-0.1, -0.05) is 12.1 Å². The number of carbonyl (C=O) groups excluding carboxylic acids is 2. The second-order valence-corrected chi connectivity index (χ2v) is 4.98. The number of hydrogen-bond donors (Lipinski definition) is 1. The number of nitrogens with one attached hydrogen (secondary N) is 1. The maximum atomic E-state index is 12.2.